The summed E-state index contributed by atoms with van der Waals surface area (Å²) in [6.07, 6.45) is 4.64. The molecule has 0 aromatic heterocycles. The third-order valence-corrected chi connectivity index (χ3v) is 7.25. The van der Waals surface area contributed by atoms with Gasteiger partial charge >= 0.3 is 6.09 Å². The third-order valence-electron chi connectivity index (χ3n) is 7.25. The number of hydrogen-bond acceptors (Lipinski definition) is 9. The van der Waals surface area contributed by atoms with Gasteiger partial charge in [-0.2, -0.15) is 0 Å². The van der Waals surface area contributed by atoms with E-state index in [1.54, 1.807) is 38.2 Å². The number of carbonyl (C=O) groups is 2. The average Bonchev–Trinajstić information content (AvgIpc) is 2.94. The normalized spacial score (nSPS) is 28.6. The van der Waals surface area contributed by atoms with Gasteiger partial charge in [0.1, 0.15) is 17.6 Å². The van der Waals surface area contributed by atoms with E-state index in [2.05, 4.69) is 17.2 Å². The zero-order valence-electron chi connectivity index (χ0n) is 25.6. The van der Waals surface area contributed by atoms with Crippen molar-refractivity contribution in [2.75, 3.05) is 31.4 Å². The largest absolute Gasteiger partial charge is 0.506 e. The second-order valence-electron chi connectivity index (χ2n) is 10.6. The number of allylic oxidation sites excluding steroid dienone is 2. The number of carbonyl (C=O) groups excluding carboxylic acids is 2. The minimum absolute atomic E-state index is 0. The van der Waals surface area contributed by atoms with Crippen LogP contribution in [0.25, 0.3) is 0 Å². The summed E-state index contributed by atoms with van der Waals surface area (Å²) in [6.45, 7) is 11.1. The van der Waals surface area contributed by atoms with Crippen LogP contribution in [-0.4, -0.2) is 72.5 Å². The molecular formula is C31H46ClN3O8. The Bertz CT molecular complexity index is 1220. The SMILES string of the molecule is C=CCNc1c(O)cc2c(O)c1C[C@@H](C)C[C@H](OC)[C@H](O)[C@@H](C)/C=C(\C)[C@H](OC(N)=O)C(OC)/C=C/C=C(/C)C(=O)N2.Cl. The Morgan fingerprint density at radius 2 is 1.91 bits per heavy atom. The minimum atomic E-state index is -0.990. The van der Waals surface area contributed by atoms with Crippen LogP contribution in [0.1, 0.15) is 39.7 Å². The number of phenols is 2. The summed E-state index contributed by atoms with van der Waals surface area (Å²) in [5, 5.41) is 39.1. The Morgan fingerprint density at radius 3 is 2.49 bits per heavy atom. The van der Waals surface area contributed by atoms with Crippen molar-refractivity contribution in [1.29, 1.82) is 0 Å². The molecule has 0 saturated heterocycles. The number of fused-ring (bicyclic) bond motifs is 2. The smallest absolute Gasteiger partial charge is 0.405 e. The van der Waals surface area contributed by atoms with Crippen molar-refractivity contribution in [1.82, 2.24) is 0 Å². The molecule has 1 aromatic rings. The summed E-state index contributed by atoms with van der Waals surface area (Å²) < 4.78 is 16.6. The van der Waals surface area contributed by atoms with Gasteiger partial charge in [-0.25, -0.2) is 4.79 Å². The number of rotatable bonds is 6. The molecule has 0 radical (unpaired) electrons. The van der Waals surface area contributed by atoms with Gasteiger partial charge in [-0.05, 0) is 38.2 Å². The van der Waals surface area contributed by atoms with E-state index in [-0.39, 0.29) is 35.5 Å². The molecule has 1 aliphatic rings. The zero-order chi connectivity index (χ0) is 31.6. The van der Waals surface area contributed by atoms with E-state index in [0.717, 1.165) is 0 Å². The Labute approximate surface area is 259 Å². The number of nitrogens with one attached hydrogen (secondary N) is 2. The van der Waals surface area contributed by atoms with Crippen molar-refractivity contribution in [3.05, 3.63) is 59.7 Å². The average molecular weight is 624 g/mol. The van der Waals surface area contributed by atoms with Crippen molar-refractivity contribution >= 4 is 35.8 Å². The van der Waals surface area contributed by atoms with E-state index >= 15 is 0 Å². The fourth-order valence-electron chi connectivity index (χ4n) is 4.98. The van der Waals surface area contributed by atoms with E-state index in [1.807, 2.05) is 13.8 Å². The van der Waals surface area contributed by atoms with E-state index in [9.17, 15) is 24.9 Å². The number of anilines is 2. The van der Waals surface area contributed by atoms with E-state index in [4.69, 9.17) is 19.9 Å². The maximum Gasteiger partial charge on any atom is 0.405 e. The van der Waals surface area contributed by atoms with Gasteiger partial charge in [0.2, 0.25) is 0 Å². The molecule has 11 nitrogen and oxygen atoms in total. The molecular weight excluding hydrogens is 578 g/mol. The lowest BCUT2D eigenvalue weighted by Crippen LogP contribution is -2.37. The predicted molar refractivity (Wildman–Crippen MR) is 170 cm³/mol. The van der Waals surface area contributed by atoms with Gasteiger partial charge in [-0.1, -0.05) is 44.2 Å². The molecule has 2 amide bonds. The number of nitrogens with two attached hydrogens (primary N) is 1. The fourth-order valence-corrected chi connectivity index (χ4v) is 4.98. The van der Waals surface area contributed by atoms with Crippen LogP contribution in [0.2, 0.25) is 0 Å². The first kappa shape index (κ1) is 37.5. The first-order valence-corrected chi connectivity index (χ1v) is 13.8. The lowest BCUT2D eigenvalue weighted by atomic mass is 9.87. The molecule has 12 heteroatoms. The molecule has 1 heterocycles. The molecule has 1 unspecified atom stereocenters. The van der Waals surface area contributed by atoms with Crippen molar-refractivity contribution < 1.29 is 39.1 Å². The molecule has 7 N–H and O–H groups in total. The molecule has 0 saturated carbocycles. The molecule has 0 fully saturated rings. The Morgan fingerprint density at radius 1 is 1.23 bits per heavy atom. The molecule has 0 spiro atoms. The maximum absolute atomic E-state index is 13.0. The van der Waals surface area contributed by atoms with Crippen LogP contribution in [0.15, 0.2) is 54.2 Å². The monoisotopic (exact) mass is 623 g/mol. The highest BCUT2D eigenvalue weighted by molar-refractivity contribution is 6.04. The summed E-state index contributed by atoms with van der Waals surface area (Å²) in [4.78, 5) is 24.7. The molecule has 43 heavy (non-hydrogen) atoms. The molecule has 0 aliphatic carbocycles. The number of amides is 2. The summed E-state index contributed by atoms with van der Waals surface area (Å²) in [5.41, 5.74) is 7.01. The third kappa shape index (κ3) is 10.3. The van der Waals surface area contributed by atoms with Gasteiger partial charge in [0, 0.05) is 43.9 Å². The van der Waals surface area contributed by atoms with E-state index in [1.165, 1.54) is 26.4 Å². The number of aliphatic hydroxyl groups is 1. The number of primary amides is 1. The highest BCUT2D eigenvalue weighted by atomic mass is 35.5. The van der Waals surface area contributed by atoms with Crippen LogP contribution in [0.3, 0.4) is 0 Å². The number of benzene rings is 1. The molecule has 1 aliphatic heterocycles. The maximum atomic E-state index is 13.0. The van der Waals surface area contributed by atoms with Gasteiger partial charge in [0.05, 0.1) is 23.6 Å². The molecule has 2 bridgehead atoms. The van der Waals surface area contributed by atoms with E-state index in [0.29, 0.717) is 41.8 Å². The highest BCUT2D eigenvalue weighted by Gasteiger charge is 2.30. The predicted octanol–water partition coefficient (Wildman–Crippen LogP) is 4.58. The van der Waals surface area contributed by atoms with Crippen LogP contribution < -0.4 is 16.4 Å². The standard InChI is InChI=1S/C31H45N3O8.ClH/c1-8-12-33-26-21-13-17(2)14-25(41-7)27(36)19(4)15-20(5)29(42-31(32)39)24(40-6)11-9-10-18(3)30(38)34-22(28(21)37)16-23(26)35;/h8-11,15-17,19,24-25,27,29,33,35-37H,1,12-14H2,2-7H3,(H2,32,39)(H,34,38);1H/b11-9+,18-10-,20-15+;/t17-,19+,24?,25+,27-,29+;/m1./s1. The number of methoxy groups -OCH3 is 2. The lowest BCUT2D eigenvalue weighted by Gasteiger charge is -2.29. The first-order chi connectivity index (χ1) is 19.8. The molecule has 2 rings (SSSR count). The fraction of sp³-hybridized carbons (Fsp3) is 0.484. The number of ether oxygens (including phenoxy) is 3. The second-order valence-corrected chi connectivity index (χ2v) is 10.6. The summed E-state index contributed by atoms with van der Waals surface area (Å²) >= 11 is 0. The molecule has 6 atom stereocenters. The van der Waals surface area contributed by atoms with Gasteiger partial charge in [0.15, 0.2) is 6.10 Å². The summed E-state index contributed by atoms with van der Waals surface area (Å²) in [6, 6.07) is 1.28. The second kappa shape index (κ2) is 17.6. The van der Waals surface area contributed by atoms with Gasteiger partial charge < -0.3 is 45.9 Å². The van der Waals surface area contributed by atoms with Crippen LogP contribution in [0.4, 0.5) is 16.2 Å². The quantitative estimate of drug-likeness (QED) is 0.151. The number of aliphatic hydroxyl groups excluding tert-OH is 1. The zero-order valence-corrected chi connectivity index (χ0v) is 26.4. The van der Waals surface area contributed by atoms with Crippen LogP contribution >= 0.6 is 12.4 Å². The number of phenolic OH excluding ortho intramolecular Hbond substituents is 2. The van der Waals surface area contributed by atoms with Crippen LogP contribution in [-0.2, 0) is 25.4 Å². The molecule has 1 aromatic carbocycles. The minimum Gasteiger partial charge on any atom is -0.506 e. The van der Waals surface area contributed by atoms with Gasteiger partial charge in [-0.15, -0.1) is 19.0 Å². The van der Waals surface area contributed by atoms with Crippen molar-refractivity contribution in [3.63, 3.8) is 0 Å². The molecule has 240 valence electrons. The highest BCUT2D eigenvalue weighted by Crippen LogP contribution is 2.42. The Balaban J connectivity index is 0.00000924. The van der Waals surface area contributed by atoms with Crippen LogP contribution in [0, 0.1) is 11.8 Å². The van der Waals surface area contributed by atoms with Crippen molar-refractivity contribution in [3.8, 4) is 11.5 Å². The Hall–Kier alpha value is -3.51. The van der Waals surface area contributed by atoms with Gasteiger partial charge in [-0.3, -0.25) is 4.79 Å². The van der Waals surface area contributed by atoms with E-state index < -0.39 is 42.3 Å². The first-order valence-electron chi connectivity index (χ1n) is 13.8. The van der Waals surface area contributed by atoms with Crippen molar-refractivity contribution in [2.24, 2.45) is 17.6 Å². The number of aromatic hydroxyl groups is 2. The Kier molecular flexibility index (Phi) is 15.3. The lowest BCUT2D eigenvalue weighted by molar-refractivity contribution is -0.112. The summed E-state index contributed by atoms with van der Waals surface area (Å²) in [5.74, 6) is -1.41. The number of hydrogen-bond donors (Lipinski definition) is 6. The van der Waals surface area contributed by atoms with Gasteiger partial charge in [0.25, 0.3) is 5.91 Å². The topological polar surface area (TPSA) is 173 Å². The summed E-state index contributed by atoms with van der Waals surface area (Å²) in [7, 11) is 2.95. The number of halogens is 1. The van der Waals surface area contributed by atoms with Crippen molar-refractivity contribution in [2.45, 2.75) is 65.0 Å². The van der Waals surface area contributed by atoms with Crippen LogP contribution in [0.5, 0.6) is 11.5 Å².